The van der Waals surface area contributed by atoms with Crippen LogP contribution in [-0.4, -0.2) is 40.3 Å². The maximum atomic E-state index is 11.6. The van der Waals surface area contributed by atoms with Crippen molar-refractivity contribution in [2.45, 2.75) is 44.2 Å². The van der Waals surface area contributed by atoms with Gasteiger partial charge < -0.3 is 19.4 Å². The van der Waals surface area contributed by atoms with Crippen molar-refractivity contribution >= 4 is 22.6 Å². The van der Waals surface area contributed by atoms with Crippen LogP contribution in [-0.2, 0) is 26.3 Å². The first kappa shape index (κ1) is 20.3. The summed E-state index contributed by atoms with van der Waals surface area (Å²) in [7, 11) is 0. The van der Waals surface area contributed by atoms with Crippen LogP contribution < -0.4 is 5.32 Å². The molecule has 3 aromatic heterocycles. The molecule has 1 amide bonds. The van der Waals surface area contributed by atoms with Crippen LogP contribution in [0.4, 0.5) is 5.82 Å². The molecule has 1 saturated heterocycles. The number of nitrogens with one attached hydrogen (secondary N) is 1. The summed E-state index contributed by atoms with van der Waals surface area (Å²) in [4.78, 5) is 21.2. The SMILES string of the molecule is CC(=O)Nc1cc2c(-c3ccc4c(n3)C3(CCOC3)OCC4)cn(C3CC(C#N)C3)c2cn1. The van der Waals surface area contributed by atoms with Crippen molar-refractivity contribution in [2.75, 3.05) is 25.1 Å². The van der Waals surface area contributed by atoms with Gasteiger partial charge in [-0.2, -0.15) is 5.26 Å². The maximum absolute atomic E-state index is 11.6. The van der Waals surface area contributed by atoms with Crippen molar-refractivity contribution in [1.82, 2.24) is 14.5 Å². The molecule has 3 aliphatic rings. The minimum atomic E-state index is -0.459. The van der Waals surface area contributed by atoms with Gasteiger partial charge in [-0.3, -0.25) is 4.79 Å². The van der Waals surface area contributed by atoms with Gasteiger partial charge in [-0.05, 0) is 37.0 Å². The predicted octanol–water partition coefficient (Wildman–Crippen LogP) is 3.72. The molecule has 1 unspecified atom stereocenters. The first-order valence-electron chi connectivity index (χ1n) is 11.5. The molecular weight excluding hydrogens is 418 g/mol. The van der Waals surface area contributed by atoms with Crippen molar-refractivity contribution in [1.29, 1.82) is 5.26 Å². The van der Waals surface area contributed by atoms with E-state index in [1.54, 1.807) is 6.20 Å². The Kier molecular flexibility index (Phi) is 4.71. The third kappa shape index (κ3) is 3.31. The Morgan fingerprint density at radius 1 is 1.33 bits per heavy atom. The Balaban J connectivity index is 1.49. The average Bonchev–Trinajstić information content (AvgIpc) is 3.38. The predicted molar refractivity (Wildman–Crippen MR) is 121 cm³/mol. The Morgan fingerprint density at radius 3 is 2.97 bits per heavy atom. The number of carbonyl (C=O) groups excluding carboxylic acids is 1. The topological polar surface area (TPSA) is 102 Å². The first-order valence-corrected chi connectivity index (χ1v) is 11.5. The number of aromatic nitrogens is 3. The number of amides is 1. The fourth-order valence-electron chi connectivity index (χ4n) is 5.33. The van der Waals surface area contributed by atoms with E-state index in [2.05, 4.69) is 39.3 Å². The van der Waals surface area contributed by atoms with Crippen LogP contribution in [0.15, 0.2) is 30.6 Å². The van der Waals surface area contributed by atoms with Gasteiger partial charge >= 0.3 is 0 Å². The van der Waals surface area contributed by atoms with Gasteiger partial charge in [0.1, 0.15) is 11.4 Å². The summed E-state index contributed by atoms with van der Waals surface area (Å²) in [5.74, 6) is 0.453. The molecule has 0 bridgehead atoms. The van der Waals surface area contributed by atoms with E-state index < -0.39 is 5.60 Å². The van der Waals surface area contributed by atoms with Crippen LogP contribution in [0.2, 0.25) is 0 Å². The van der Waals surface area contributed by atoms with Crippen molar-refractivity contribution in [3.8, 4) is 17.3 Å². The quantitative estimate of drug-likeness (QED) is 0.662. The number of nitrogens with zero attached hydrogens (tertiary/aromatic N) is 4. The molecule has 1 spiro atoms. The zero-order valence-corrected chi connectivity index (χ0v) is 18.5. The van der Waals surface area contributed by atoms with E-state index in [1.165, 1.54) is 12.5 Å². The molecule has 8 heteroatoms. The van der Waals surface area contributed by atoms with Gasteiger partial charge in [0.05, 0.1) is 48.3 Å². The van der Waals surface area contributed by atoms with Crippen molar-refractivity contribution in [2.24, 2.45) is 5.92 Å². The van der Waals surface area contributed by atoms with Crippen LogP contribution >= 0.6 is 0 Å². The summed E-state index contributed by atoms with van der Waals surface area (Å²) < 4.78 is 14.1. The number of carbonyl (C=O) groups is 1. The zero-order valence-electron chi connectivity index (χ0n) is 18.5. The average molecular weight is 444 g/mol. The monoisotopic (exact) mass is 443 g/mol. The molecule has 8 nitrogen and oxygen atoms in total. The molecule has 33 heavy (non-hydrogen) atoms. The van der Waals surface area contributed by atoms with Gasteiger partial charge in [-0.25, -0.2) is 9.97 Å². The highest BCUT2D eigenvalue weighted by Gasteiger charge is 2.43. The molecule has 1 aliphatic carbocycles. The second-order valence-electron chi connectivity index (χ2n) is 9.27. The molecule has 2 aliphatic heterocycles. The lowest BCUT2D eigenvalue weighted by atomic mass is 9.81. The third-order valence-electron chi connectivity index (χ3n) is 7.13. The molecule has 6 rings (SSSR count). The van der Waals surface area contributed by atoms with E-state index in [1.807, 2.05) is 6.07 Å². The van der Waals surface area contributed by atoms with Gasteiger partial charge in [0.15, 0.2) is 0 Å². The fraction of sp³-hybridized carbons (Fsp3) is 0.440. The normalized spacial score (nSPS) is 26.1. The second kappa shape index (κ2) is 7.65. The van der Waals surface area contributed by atoms with E-state index >= 15 is 0 Å². The molecule has 0 radical (unpaired) electrons. The van der Waals surface area contributed by atoms with Crippen LogP contribution in [0.25, 0.3) is 22.2 Å². The number of nitriles is 1. The molecule has 2 fully saturated rings. The highest BCUT2D eigenvalue weighted by Crippen LogP contribution is 2.43. The molecule has 3 aromatic rings. The number of rotatable bonds is 3. The summed E-state index contributed by atoms with van der Waals surface area (Å²) in [5.41, 5.74) is 4.57. The number of anilines is 1. The Bertz CT molecular complexity index is 1300. The minimum Gasteiger partial charge on any atom is -0.378 e. The first-order chi connectivity index (χ1) is 16.1. The largest absolute Gasteiger partial charge is 0.378 e. The highest BCUT2D eigenvalue weighted by atomic mass is 16.6. The summed E-state index contributed by atoms with van der Waals surface area (Å²) >= 11 is 0. The van der Waals surface area contributed by atoms with Crippen LogP contribution in [0.1, 0.15) is 43.5 Å². The van der Waals surface area contributed by atoms with Crippen molar-refractivity contribution < 1.29 is 14.3 Å². The zero-order chi connectivity index (χ0) is 22.6. The molecular formula is C25H25N5O3. The lowest BCUT2D eigenvalue weighted by Crippen LogP contribution is -2.37. The minimum absolute atomic E-state index is 0.101. The molecule has 0 aromatic carbocycles. The number of hydrogen-bond acceptors (Lipinski definition) is 6. The molecule has 1 saturated carbocycles. The number of hydrogen-bond donors (Lipinski definition) is 1. The Labute approximate surface area is 191 Å². The van der Waals surface area contributed by atoms with Gasteiger partial charge in [0.2, 0.25) is 5.91 Å². The standard InChI is InChI=1S/C25H25N5O3/c1-15(31)28-23-10-19-20(13-30(22(19)12-27-23)18-8-16(9-18)11-26)21-3-2-17-4-6-33-25(24(17)29-21)5-7-32-14-25/h2-3,10,12-13,16,18H,4-9,14H2,1H3,(H,27,28,31). The summed E-state index contributed by atoms with van der Waals surface area (Å²) in [6, 6.07) is 8.77. The molecule has 1 atom stereocenters. The lowest BCUT2D eigenvalue weighted by molar-refractivity contribution is -0.114. The van der Waals surface area contributed by atoms with Crippen molar-refractivity contribution in [3.05, 3.63) is 41.9 Å². The highest BCUT2D eigenvalue weighted by molar-refractivity contribution is 5.98. The van der Waals surface area contributed by atoms with E-state index in [-0.39, 0.29) is 17.9 Å². The second-order valence-corrected chi connectivity index (χ2v) is 9.27. The van der Waals surface area contributed by atoms with Gasteiger partial charge in [-0.1, -0.05) is 6.07 Å². The smallest absolute Gasteiger partial charge is 0.222 e. The van der Waals surface area contributed by atoms with E-state index in [9.17, 15) is 10.1 Å². The van der Waals surface area contributed by atoms with Crippen LogP contribution in [0.5, 0.6) is 0 Å². The number of pyridine rings is 2. The van der Waals surface area contributed by atoms with Gasteiger partial charge in [-0.15, -0.1) is 0 Å². The molecule has 1 N–H and O–H groups in total. The molecule has 5 heterocycles. The summed E-state index contributed by atoms with van der Waals surface area (Å²) in [6.45, 7) is 3.37. The Morgan fingerprint density at radius 2 is 2.21 bits per heavy atom. The maximum Gasteiger partial charge on any atom is 0.222 e. The number of fused-ring (bicyclic) bond motifs is 3. The van der Waals surface area contributed by atoms with Gasteiger partial charge in [0, 0.05) is 43.1 Å². The number of ether oxygens (including phenoxy) is 2. The third-order valence-corrected chi connectivity index (χ3v) is 7.13. The van der Waals surface area contributed by atoms with Crippen LogP contribution in [0, 0.1) is 17.2 Å². The van der Waals surface area contributed by atoms with E-state index in [0.29, 0.717) is 25.6 Å². The van der Waals surface area contributed by atoms with Gasteiger partial charge in [0.25, 0.3) is 0 Å². The fourth-order valence-corrected chi connectivity index (χ4v) is 5.33. The lowest BCUT2D eigenvalue weighted by Gasteiger charge is -2.33. The van der Waals surface area contributed by atoms with E-state index in [0.717, 1.165) is 53.5 Å². The van der Waals surface area contributed by atoms with Crippen molar-refractivity contribution in [3.63, 3.8) is 0 Å². The summed E-state index contributed by atoms with van der Waals surface area (Å²) in [5, 5.41) is 13.0. The summed E-state index contributed by atoms with van der Waals surface area (Å²) in [6.07, 6.45) is 7.25. The van der Waals surface area contributed by atoms with Crippen LogP contribution in [0.3, 0.4) is 0 Å². The Hall–Kier alpha value is -3.28. The van der Waals surface area contributed by atoms with E-state index in [4.69, 9.17) is 14.5 Å². The molecule has 168 valence electrons.